The molecule has 0 unspecified atom stereocenters. The summed E-state index contributed by atoms with van der Waals surface area (Å²) >= 11 is 5.83. The van der Waals surface area contributed by atoms with Crippen LogP contribution in [-0.4, -0.2) is 65.5 Å². The quantitative estimate of drug-likeness (QED) is 0.1000. The van der Waals surface area contributed by atoms with Gasteiger partial charge in [-0.15, -0.1) is 0 Å². The number of halogens is 3. The molecule has 8 rings (SSSR count). The van der Waals surface area contributed by atoms with Crippen LogP contribution in [0, 0.1) is 18.6 Å². The van der Waals surface area contributed by atoms with E-state index in [-0.39, 0.29) is 45.7 Å². The smallest absolute Gasteiger partial charge is 0.274 e. The Hall–Kier alpha value is -7.85. The number of nitrogens with zero attached hydrogens (tertiary/aromatic N) is 6. The molecule has 0 aliphatic heterocycles. The van der Waals surface area contributed by atoms with Crippen molar-refractivity contribution in [3.63, 3.8) is 0 Å². The van der Waals surface area contributed by atoms with Gasteiger partial charge in [0, 0.05) is 65.8 Å². The maximum atomic E-state index is 14.2. The molecule has 4 amide bonds. The van der Waals surface area contributed by atoms with Crippen molar-refractivity contribution in [1.29, 1.82) is 0 Å². The normalized spacial score (nSPS) is 10.8. The second kappa shape index (κ2) is 18.6. The van der Waals surface area contributed by atoms with Gasteiger partial charge >= 0.3 is 0 Å². The van der Waals surface area contributed by atoms with E-state index in [1.807, 2.05) is 43.3 Å². The van der Waals surface area contributed by atoms with Gasteiger partial charge in [0.25, 0.3) is 23.6 Å². The van der Waals surface area contributed by atoms with Gasteiger partial charge in [-0.05, 0) is 111 Å². The minimum absolute atomic E-state index is 0.0777. The van der Waals surface area contributed by atoms with Gasteiger partial charge in [0.2, 0.25) is 0 Å². The Morgan fingerprint density at radius 1 is 0.548 bits per heavy atom. The standard InChI is InChI=1S/C23H20FN5O2.C22H17ClFN5O2/c1-3-25-22(30)16-6-7-18(24)19(10-16)28-23(31)20-13-27-21-11-15(8-9-29(20)21)17-5-4-14(2)26-12-17;1-2-25-21(30)14-3-5-16(24)17(9-14)28-22(31)18-12-27-20-10-13(7-8-29(18)20)15-4-6-19(23)26-11-15/h4-13H,3H2,1-2H3,(H,25,30)(H,28,31);3-12H,2H2,1H3,(H,25,30)(H,28,31). The van der Waals surface area contributed by atoms with Crippen LogP contribution < -0.4 is 21.3 Å². The van der Waals surface area contributed by atoms with Gasteiger partial charge in [-0.1, -0.05) is 17.7 Å². The number of hydrogen-bond acceptors (Lipinski definition) is 8. The van der Waals surface area contributed by atoms with Gasteiger partial charge in [0.05, 0.1) is 23.8 Å². The second-order valence-corrected chi connectivity index (χ2v) is 14.0. The third-order valence-corrected chi connectivity index (χ3v) is 9.65. The van der Waals surface area contributed by atoms with Crippen LogP contribution in [0.25, 0.3) is 33.5 Å². The average molecular weight is 855 g/mol. The summed E-state index contributed by atoms with van der Waals surface area (Å²) in [5, 5.41) is 10.7. The molecule has 2 aromatic carbocycles. The zero-order valence-electron chi connectivity index (χ0n) is 33.4. The molecule has 312 valence electrons. The first-order chi connectivity index (χ1) is 29.9. The number of anilines is 2. The lowest BCUT2D eigenvalue weighted by Crippen LogP contribution is -2.23. The molecule has 6 heterocycles. The molecular formula is C45H37ClF2N10O4. The van der Waals surface area contributed by atoms with E-state index < -0.39 is 23.4 Å². The molecule has 17 heteroatoms. The van der Waals surface area contributed by atoms with E-state index in [4.69, 9.17) is 11.6 Å². The second-order valence-electron chi connectivity index (χ2n) is 13.6. The van der Waals surface area contributed by atoms with Gasteiger partial charge in [-0.3, -0.25) is 33.0 Å². The lowest BCUT2D eigenvalue weighted by molar-refractivity contribution is 0.0947. The van der Waals surface area contributed by atoms with Crippen LogP contribution in [0.2, 0.25) is 5.15 Å². The molecular weight excluding hydrogens is 818 g/mol. The fourth-order valence-corrected chi connectivity index (χ4v) is 6.38. The Bertz CT molecular complexity index is 2770. The first kappa shape index (κ1) is 42.3. The summed E-state index contributed by atoms with van der Waals surface area (Å²) in [6.45, 7) is 6.37. The zero-order valence-corrected chi connectivity index (χ0v) is 34.2. The van der Waals surface area contributed by atoms with Crippen LogP contribution in [0.1, 0.15) is 61.2 Å². The van der Waals surface area contributed by atoms with Crippen LogP contribution in [0.3, 0.4) is 0 Å². The fourth-order valence-electron chi connectivity index (χ4n) is 6.26. The van der Waals surface area contributed by atoms with Gasteiger partial charge in [0.1, 0.15) is 39.5 Å². The molecule has 0 spiro atoms. The number of amides is 4. The number of carbonyl (C=O) groups excluding carboxylic acids is 4. The average Bonchev–Trinajstić information content (AvgIpc) is 3.90. The molecule has 0 bridgehead atoms. The molecule has 0 radical (unpaired) electrons. The predicted octanol–water partition coefficient (Wildman–Crippen LogP) is 8.04. The lowest BCUT2D eigenvalue weighted by Gasteiger charge is -2.09. The van der Waals surface area contributed by atoms with Crippen LogP contribution >= 0.6 is 11.6 Å². The number of nitrogens with one attached hydrogen (secondary N) is 4. The number of aryl methyl sites for hydroxylation is 1. The maximum Gasteiger partial charge on any atom is 0.274 e. The number of pyridine rings is 4. The topological polar surface area (TPSA) is 177 Å². The summed E-state index contributed by atoms with van der Waals surface area (Å²) in [4.78, 5) is 66.5. The van der Waals surface area contributed by atoms with E-state index in [0.29, 0.717) is 29.5 Å². The van der Waals surface area contributed by atoms with Crippen molar-refractivity contribution in [1.82, 2.24) is 39.4 Å². The third kappa shape index (κ3) is 9.45. The molecule has 62 heavy (non-hydrogen) atoms. The predicted molar refractivity (Wildman–Crippen MR) is 231 cm³/mol. The van der Waals surface area contributed by atoms with Crippen LogP contribution in [0.5, 0.6) is 0 Å². The van der Waals surface area contributed by atoms with Crippen molar-refractivity contribution in [2.24, 2.45) is 0 Å². The Morgan fingerprint density at radius 2 is 1.02 bits per heavy atom. The van der Waals surface area contributed by atoms with Crippen molar-refractivity contribution < 1.29 is 28.0 Å². The molecule has 0 saturated heterocycles. The Morgan fingerprint density at radius 3 is 1.44 bits per heavy atom. The molecule has 6 aromatic heterocycles. The van der Waals surface area contributed by atoms with Gasteiger partial charge in [-0.2, -0.15) is 0 Å². The van der Waals surface area contributed by atoms with Gasteiger partial charge in [-0.25, -0.2) is 23.7 Å². The van der Waals surface area contributed by atoms with Crippen molar-refractivity contribution in [3.05, 3.63) is 167 Å². The molecule has 14 nitrogen and oxygen atoms in total. The Labute approximate surface area is 358 Å². The molecule has 4 N–H and O–H groups in total. The highest BCUT2D eigenvalue weighted by Crippen LogP contribution is 2.25. The molecule has 0 aliphatic carbocycles. The number of benzene rings is 2. The summed E-state index contributed by atoms with van der Waals surface area (Å²) in [6, 6.07) is 22.4. The number of imidazole rings is 2. The molecule has 0 fully saturated rings. The van der Waals surface area contributed by atoms with E-state index in [0.717, 1.165) is 40.1 Å². The molecule has 0 atom stereocenters. The number of aromatic nitrogens is 6. The lowest BCUT2D eigenvalue weighted by atomic mass is 10.1. The van der Waals surface area contributed by atoms with E-state index in [1.165, 1.54) is 36.7 Å². The number of carbonyl (C=O) groups is 4. The molecule has 8 aromatic rings. The van der Waals surface area contributed by atoms with Crippen molar-refractivity contribution in [2.45, 2.75) is 20.8 Å². The van der Waals surface area contributed by atoms with Crippen molar-refractivity contribution >= 4 is 57.9 Å². The minimum Gasteiger partial charge on any atom is -0.352 e. The maximum absolute atomic E-state index is 14.2. The summed E-state index contributed by atoms with van der Waals surface area (Å²) in [5.74, 6) is -3.07. The van der Waals surface area contributed by atoms with Crippen LogP contribution in [0.4, 0.5) is 20.2 Å². The van der Waals surface area contributed by atoms with Gasteiger partial charge < -0.3 is 21.3 Å². The van der Waals surface area contributed by atoms with Crippen molar-refractivity contribution in [3.8, 4) is 22.3 Å². The zero-order chi connectivity index (χ0) is 43.9. The molecule has 0 aliphatic rings. The SMILES string of the molecule is CCNC(=O)c1ccc(F)c(NC(=O)c2cnc3cc(-c4ccc(C)nc4)ccn23)c1.CCNC(=O)c1ccc(F)c(NC(=O)c2cnc3cc(-c4ccc(Cl)nc4)ccn23)c1. The summed E-state index contributed by atoms with van der Waals surface area (Å²) in [5.41, 5.74) is 6.39. The first-order valence-corrected chi connectivity index (χ1v) is 19.6. The summed E-state index contributed by atoms with van der Waals surface area (Å²) in [6.07, 6.45) is 9.68. The van der Waals surface area contributed by atoms with Crippen molar-refractivity contribution in [2.75, 3.05) is 23.7 Å². The molecule has 0 saturated carbocycles. The third-order valence-electron chi connectivity index (χ3n) is 9.43. The summed E-state index contributed by atoms with van der Waals surface area (Å²) in [7, 11) is 0. The summed E-state index contributed by atoms with van der Waals surface area (Å²) < 4.78 is 31.7. The highest BCUT2D eigenvalue weighted by Gasteiger charge is 2.18. The highest BCUT2D eigenvalue weighted by molar-refractivity contribution is 6.29. The van der Waals surface area contributed by atoms with E-state index in [2.05, 4.69) is 41.2 Å². The van der Waals surface area contributed by atoms with Gasteiger partial charge in [0.15, 0.2) is 0 Å². The van der Waals surface area contributed by atoms with E-state index in [1.54, 1.807) is 59.6 Å². The number of hydrogen-bond donors (Lipinski definition) is 4. The Balaban J connectivity index is 0.000000186. The number of fused-ring (bicyclic) bond motifs is 2. The minimum atomic E-state index is -0.646. The fraction of sp³-hybridized carbons (Fsp3) is 0.111. The monoisotopic (exact) mass is 854 g/mol. The largest absolute Gasteiger partial charge is 0.352 e. The first-order valence-electron chi connectivity index (χ1n) is 19.2. The van der Waals surface area contributed by atoms with E-state index in [9.17, 15) is 28.0 Å². The Kier molecular flexibility index (Phi) is 12.7. The number of rotatable bonds is 10. The van der Waals surface area contributed by atoms with Crippen LogP contribution in [0.15, 0.2) is 122 Å². The highest BCUT2D eigenvalue weighted by atomic mass is 35.5. The van der Waals surface area contributed by atoms with Crippen LogP contribution in [-0.2, 0) is 0 Å². The van der Waals surface area contributed by atoms with E-state index >= 15 is 0 Å².